The summed E-state index contributed by atoms with van der Waals surface area (Å²) in [5, 5.41) is 0. The quantitative estimate of drug-likeness (QED) is 0.747. The summed E-state index contributed by atoms with van der Waals surface area (Å²) in [6, 6.07) is 4.28. The van der Waals surface area contributed by atoms with Crippen molar-refractivity contribution in [2.45, 2.75) is 53.4 Å². The number of anilines is 1. The fourth-order valence-corrected chi connectivity index (χ4v) is 3.50. The van der Waals surface area contributed by atoms with Crippen LogP contribution in [0.5, 0.6) is 0 Å². The molecular formula is C17H25NO. The Kier molecular flexibility index (Phi) is 3.04. The Balaban J connectivity index is 2.63. The minimum Gasteiger partial charge on any atom is -0.314 e. The van der Waals surface area contributed by atoms with Gasteiger partial charge in [-0.25, -0.2) is 0 Å². The zero-order valence-corrected chi connectivity index (χ0v) is 13.2. The minimum absolute atomic E-state index is 0.131. The first-order valence-corrected chi connectivity index (χ1v) is 6.97. The lowest BCUT2D eigenvalue weighted by molar-refractivity contribution is -0.123. The molecule has 0 aliphatic carbocycles. The van der Waals surface area contributed by atoms with Gasteiger partial charge in [0.2, 0.25) is 5.91 Å². The Morgan fingerprint density at radius 3 is 2.32 bits per heavy atom. The number of hydrogen-bond donors (Lipinski definition) is 0. The van der Waals surface area contributed by atoms with Crippen LogP contribution in [0.3, 0.4) is 0 Å². The zero-order valence-electron chi connectivity index (χ0n) is 13.2. The van der Waals surface area contributed by atoms with Gasteiger partial charge >= 0.3 is 0 Å². The van der Waals surface area contributed by atoms with Crippen LogP contribution in [0.25, 0.3) is 0 Å². The molecule has 1 aromatic rings. The van der Waals surface area contributed by atoms with Gasteiger partial charge in [-0.2, -0.15) is 0 Å². The van der Waals surface area contributed by atoms with E-state index in [2.05, 4.69) is 53.7 Å². The molecule has 0 N–H and O–H groups in total. The molecule has 2 heteroatoms. The summed E-state index contributed by atoms with van der Waals surface area (Å²) >= 11 is 0. The lowest BCUT2D eigenvalue weighted by Gasteiger charge is -2.31. The van der Waals surface area contributed by atoms with Crippen molar-refractivity contribution in [1.82, 2.24) is 0 Å². The Labute approximate surface area is 116 Å². The highest BCUT2D eigenvalue weighted by Gasteiger charge is 2.48. The van der Waals surface area contributed by atoms with Crippen LogP contribution in [0, 0.1) is 19.3 Å². The van der Waals surface area contributed by atoms with E-state index in [1.165, 1.54) is 16.7 Å². The number of fused-ring (bicyclic) bond motifs is 1. The first kappa shape index (κ1) is 14.1. The summed E-state index contributed by atoms with van der Waals surface area (Å²) in [6.07, 6.45) is 0.874. The predicted molar refractivity (Wildman–Crippen MR) is 80.8 cm³/mol. The van der Waals surface area contributed by atoms with E-state index in [0.29, 0.717) is 0 Å². The van der Waals surface area contributed by atoms with Gasteiger partial charge in [0.15, 0.2) is 0 Å². The summed E-state index contributed by atoms with van der Waals surface area (Å²) in [6.45, 7) is 12.9. The lowest BCUT2D eigenvalue weighted by Crippen LogP contribution is -2.39. The number of likely N-dealkylation sites (N-methyl/N-ethyl adjacent to an activating group) is 1. The summed E-state index contributed by atoms with van der Waals surface area (Å²) in [4.78, 5) is 14.6. The third-order valence-electron chi connectivity index (χ3n) is 4.29. The molecule has 1 atom stereocenters. The normalized spacial score (nSPS) is 22.9. The number of carbonyl (C=O) groups excluding carboxylic acids is 1. The number of hydrogen-bond acceptors (Lipinski definition) is 1. The van der Waals surface area contributed by atoms with Gasteiger partial charge in [0.05, 0.1) is 11.1 Å². The van der Waals surface area contributed by atoms with Crippen LogP contribution in [-0.4, -0.2) is 13.0 Å². The van der Waals surface area contributed by atoms with Crippen molar-refractivity contribution in [1.29, 1.82) is 0 Å². The van der Waals surface area contributed by atoms with Gasteiger partial charge in [-0.1, -0.05) is 32.9 Å². The van der Waals surface area contributed by atoms with E-state index in [1.807, 2.05) is 11.9 Å². The highest BCUT2D eigenvalue weighted by atomic mass is 16.2. The van der Waals surface area contributed by atoms with E-state index in [9.17, 15) is 4.79 Å². The molecule has 1 heterocycles. The number of carbonyl (C=O) groups is 1. The fourth-order valence-electron chi connectivity index (χ4n) is 3.50. The Hall–Kier alpha value is -1.31. The molecule has 0 aromatic heterocycles. The Morgan fingerprint density at radius 2 is 1.79 bits per heavy atom. The Bertz CT molecular complexity index is 539. The van der Waals surface area contributed by atoms with Gasteiger partial charge in [-0.15, -0.1) is 0 Å². The van der Waals surface area contributed by atoms with Crippen LogP contribution in [0.15, 0.2) is 12.1 Å². The Morgan fingerprint density at radius 1 is 1.21 bits per heavy atom. The molecule has 0 saturated heterocycles. The largest absolute Gasteiger partial charge is 0.314 e. The van der Waals surface area contributed by atoms with E-state index in [1.54, 1.807) is 0 Å². The molecule has 104 valence electrons. The SMILES string of the molecule is Cc1ccc2c(c1C)N(C)C(=O)[C@@]2(C)CC(C)(C)C. The van der Waals surface area contributed by atoms with E-state index in [4.69, 9.17) is 0 Å². The summed E-state index contributed by atoms with van der Waals surface area (Å²) in [7, 11) is 1.90. The van der Waals surface area contributed by atoms with Crippen molar-refractivity contribution < 1.29 is 4.79 Å². The molecule has 2 rings (SSSR count). The highest BCUT2D eigenvalue weighted by Crippen LogP contribution is 2.48. The smallest absolute Gasteiger partial charge is 0.237 e. The molecule has 1 amide bonds. The van der Waals surface area contributed by atoms with Crippen molar-refractivity contribution in [3.05, 3.63) is 28.8 Å². The van der Waals surface area contributed by atoms with Crippen molar-refractivity contribution >= 4 is 11.6 Å². The first-order valence-electron chi connectivity index (χ1n) is 6.97. The number of benzene rings is 1. The first-order chi connectivity index (χ1) is 8.58. The van der Waals surface area contributed by atoms with Crippen LogP contribution < -0.4 is 4.90 Å². The van der Waals surface area contributed by atoms with Gasteiger partial charge in [0.25, 0.3) is 0 Å². The fraction of sp³-hybridized carbons (Fsp3) is 0.588. The lowest BCUT2D eigenvalue weighted by atomic mass is 9.71. The molecule has 1 aromatic carbocycles. The third kappa shape index (κ3) is 2.07. The van der Waals surface area contributed by atoms with Crippen LogP contribution in [-0.2, 0) is 10.2 Å². The summed E-state index contributed by atoms with van der Waals surface area (Å²) in [5.41, 5.74) is 4.53. The molecule has 0 saturated carbocycles. The summed E-state index contributed by atoms with van der Waals surface area (Å²) < 4.78 is 0. The third-order valence-corrected chi connectivity index (χ3v) is 4.29. The van der Waals surface area contributed by atoms with E-state index < -0.39 is 0 Å². The molecule has 0 radical (unpaired) electrons. The highest BCUT2D eigenvalue weighted by molar-refractivity contribution is 6.08. The maximum absolute atomic E-state index is 12.8. The van der Waals surface area contributed by atoms with Crippen molar-refractivity contribution in [2.24, 2.45) is 5.41 Å². The van der Waals surface area contributed by atoms with E-state index >= 15 is 0 Å². The van der Waals surface area contributed by atoms with Crippen LogP contribution >= 0.6 is 0 Å². The van der Waals surface area contributed by atoms with Crippen LogP contribution in [0.2, 0.25) is 0 Å². The molecule has 1 aliphatic heterocycles. The molecule has 0 unspecified atom stereocenters. The minimum atomic E-state index is -0.388. The summed E-state index contributed by atoms with van der Waals surface area (Å²) in [5.74, 6) is 0.228. The van der Waals surface area contributed by atoms with Crippen LogP contribution in [0.1, 0.15) is 50.8 Å². The van der Waals surface area contributed by atoms with Crippen molar-refractivity contribution in [3.63, 3.8) is 0 Å². The number of rotatable bonds is 1. The van der Waals surface area contributed by atoms with Crippen LogP contribution in [0.4, 0.5) is 5.69 Å². The maximum Gasteiger partial charge on any atom is 0.237 e. The second kappa shape index (κ2) is 4.09. The standard InChI is InChI=1S/C17H25NO/c1-11-8-9-13-14(12(11)2)18(7)15(19)17(13,6)10-16(3,4)5/h8-9H,10H2,1-7H3/t17-/m0/s1. The van der Waals surface area contributed by atoms with Gasteiger partial charge < -0.3 is 4.90 Å². The number of aryl methyl sites for hydroxylation is 1. The average molecular weight is 259 g/mol. The van der Waals surface area contributed by atoms with Gasteiger partial charge in [-0.05, 0) is 49.3 Å². The molecule has 0 fully saturated rings. The molecular weight excluding hydrogens is 234 g/mol. The van der Waals surface area contributed by atoms with E-state index in [-0.39, 0.29) is 16.7 Å². The van der Waals surface area contributed by atoms with Crippen molar-refractivity contribution in [2.75, 3.05) is 11.9 Å². The predicted octanol–water partition coefficient (Wildman–Crippen LogP) is 3.97. The maximum atomic E-state index is 12.8. The molecule has 2 nitrogen and oxygen atoms in total. The second-order valence-electron chi connectivity index (χ2n) is 7.34. The second-order valence-corrected chi connectivity index (χ2v) is 7.34. The molecule has 1 aliphatic rings. The van der Waals surface area contributed by atoms with Gasteiger partial charge in [0.1, 0.15) is 0 Å². The monoisotopic (exact) mass is 259 g/mol. The molecule has 19 heavy (non-hydrogen) atoms. The van der Waals surface area contributed by atoms with E-state index in [0.717, 1.165) is 12.1 Å². The van der Waals surface area contributed by atoms with Gasteiger partial charge in [-0.3, -0.25) is 4.79 Å². The molecule has 0 spiro atoms. The zero-order chi connectivity index (χ0) is 14.6. The van der Waals surface area contributed by atoms with Gasteiger partial charge in [0, 0.05) is 7.05 Å². The topological polar surface area (TPSA) is 20.3 Å². The van der Waals surface area contributed by atoms with Crippen molar-refractivity contribution in [3.8, 4) is 0 Å². The molecule has 0 bridgehead atoms. The number of nitrogens with zero attached hydrogens (tertiary/aromatic N) is 1. The average Bonchev–Trinajstić information content (AvgIpc) is 2.44. The number of amides is 1.